The van der Waals surface area contributed by atoms with E-state index in [-0.39, 0.29) is 18.3 Å². The maximum absolute atomic E-state index is 10.2. The average molecular weight is 385 g/mol. The molecule has 7 atom stereocenters. The van der Waals surface area contributed by atoms with E-state index in [9.17, 15) is 5.11 Å². The van der Waals surface area contributed by atoms with E-state index in [2.05, 4.69) is 32.0 Å². The Bertz CT molecular complexity index is 710. The molecular formula is C25H36O3. The van der Waals surface area contributed by atoms with Crippen LogP contribution < -0.4 is 0 Å². The van der Waals surface area contributed by atoms with Crippen LogP contribution in [0.5, 0.6) is 0 Å². The molecule has 0 aromatic heterocycles. The number of rotatable bonds is 3. The number of aryl methyl sites for hydroxylation is 1. The zero-order valence-corrected chi connectivity index (χ0v) is 17.5. The van der Waals surface area contributed by atoms with Crippen molar-refractivity contribution < 1.29 is 14.6 Å². The summed E-state index contributed by atoms with van der Waals surface area (Å²) in [6.07, 6.45) is 9.94. The third kappa shape index (κ3) is 3.05. The predicted octanol–water partition coefficient (Wildman–Crippen LogP) is 5.30. The van der Waals surface area contributed by atoms with E-state index in [1.165, 1.54) is 55.2 Å². The summed E-state index contributed by atoms with van der Waals surface area (Å²) in [5.74, 6) is 2.37. The summed E-state index contributed by atoms with van der Waals surface area (Å²) >= 11 is 0. The summed E-state index contributed by atoms with van der Waals surface area (Å²) < 4.78 is 12.5. The fourth-order valence-electron chi connectivity index (χ4n) is 7.19. The standard InChI is InChI=1S/C25H36O3/c1-16-6-7-18-19-10-11-25(2)22(21(19)14-17(15-26)20(18)13-16)8-9-23(25)28-24-5-3-4-12-27-24/h6-7,13,17,19,21-24,26H,3-5,8-12,14-15H2,1-2H3/t17?,19?,21?,22?,23-,24?,25-/m0/s1. The second-order valence-corrected chi connectivity index (χ2v) is 10.2. The van der Waals surface area contributed by atoms with Crippen LogP contribution in [-0.2, 0) is 9.47 Å². The second kappa shape index (κ2) is 7.41. The van der Waals surface area contributed by atoms with Gasteiger partial charge in [-0.25, -0.2) is 0 Å². The van der Waals surface area contributed by atoms with Gasteiger partial charge in [0.1, 0.15) is 0 Å². The lowest BCUT2D eigenvalue weighted by molar-refractivity contribution is -0.213. The Morgan fingerprint density at radius 1 is 1.14 bits per heavy atom. The molecule has 1 aliphatic heterocycles. The van der Waals surface area contributed by atoms with Crippen LogP contribution in [0.2, 0.25) is 0 Å². The van der Waals surface area contributed by atoms with Crippen molar-refractivity contribution in [2.24, 2.45) is 17.3 Å². The second-order valence-electron chi connectivity index (χ2n) is 10.2. The number of hydrogen-bond donors (Lipinski definition) is 1. The Morgan fingerprint density at radius 2 is 2.04 bits per heavy atom. The van der Waals surface area contributed by atoms with Crippen LogP contribution >= 0.6 is 0 Å². The van der Waals surface area contributed by atoms with Crippen LogP contribution in [0.4, 0.5) is 0 Å². The molecule has 4 aliphatic rings. The van der Waals surface area contributed by atoms with Crippen molar-refractivity contribution in [1.29, 1.82) is 0 Å². The number of benzene rings is 1. The maximum Gasteiger partial charge on any atom is 0.157 e. The molecule has 1 aromatic carbocycles. The first-order chi connectivity index (χ1) is 13.6. The van der Waals surface area contributed by atoms with Gasteiger partial charge < -0.3 is 14.6 Å². The van der Waals surface area contributed by atoms with Crippen LogP contribution in [0, 0.1) is 24.2 Å². The lowest BCUT2D eigenvalue weighted by Crippen LogP contribution is -2.46. The summed E-state index contributed by atoms with van der Waals surface area (Å²) in [4.78, 5) is 0. The third-order valence-corrected chi connectivity index (χ3v) is 8.66. The van der Waals surface area contributed by atoms with E-state index in [1.807, 2.05) is 0 Å². The topological polar surface area (TPSA) is 38.7 Å². The molecule has 3 fully saturated rings. The first-order valence-corrected chi connectivity index (χ1v) is 11.6. The van der Waals surface area contributed by atoms with Gasteiger partial charge in [-0.1, -0.05) is 30.7 Å². The molecule has 0 bridgehead atoms. The van der Waals surface area contributed by atoms with Gasteiger partial charge in [-0.3, -0.25) is 0 Å². The monoisotopic (exact) mass is 384 g/mol. The molecule has 5 unspecified atom stereocenters. The highest BCUT2D eigenvalue weighted by Crippen LogP contribution is 2.63. The van der Waals surface area contributed by atoms with Gasteiger partial charge in [-0.2, -0.15) is 0 Å². The first-order valence-electron chi connectivity index (χ1n) is 11.6. The Morgan fingerprint density at radius 3 is 2.82 bits per heavy atom. The molecule has 1 heterocycles. The van der Waals surface area contributed by atoms with Gasteiger partial charge in [0.15, 0.2) is 6.29 Å². The highest BCUT2D eigenvalue weighted by atomic mass is 16.7. The normalized spacial score (nSPS) is 42.5. The fourth-order valence-corrected chi connectivity index (χ4v) is 7.19. The van der Waals surface area contributed by atoms with Crippen LogP contribution in [0.25, 0.3) is 0 Å². The van der Waals surface area contributed by atoms with Crippen molar-refractivity contribution >= 4 is 0 Å². The van der Waals surface area contributed by atoms with Gasteiger partial charge in [-0.15, -0.1) is 0 Å². The van der Waals surface area contributed by atoms with Crippen molar-refractivity contribution in [1.82, 2.24) is 0 Å². The number of aliphatic hydroxyl groups excluding tert-OH is 1. The molecular weight excluding hydrogens is 348 g/mol. The van der Waals surface area contributed by atoms with Crippen LogP contribution in [-0.4, -0.2) is 30.7 Å². The Labute approximate surface area is 169 Å². The van der Waals surface area contributed by atoms with E-state index >= 15 is 0 Å². The van der Waals surface area contributed by atoms with Crippen molar-refractivity contribution in [2.45, 2.75) is 89.4 Å². The molecule has 5 rings (SSSR count). The van der Waals surface area contributed by atoms with Crippen molar-refractivity contribution in [3.63, 3.8) is 0 Å². The minimum absolute atomic E-state index is 0.0206. The lowest BCUT2D eigenvalue weighted by Gasteiger charge is -2.52. The fraction of sp³-hybridized carbons (Fsp3) is 0.760. The lowest BCUT2D eigenvalue weighted by atomic mass is 9.54. The molecule has 3 nitrogen and oxygen atoms in total. The predicted molar refractivity (Wildman–Crippen MR) is 110 cm³/mol. The Kier molecular flexibility index (Phi) is 5.05. The quantitative estimate of drug-likeness (QED) is 0.769. The number of ether oxygens (including phenoxy) is 2. The molecule has 3 heteroatoms. The average Bonchev–Trinajstić information content (AvgIpc) is 3.04. The highest BCUT2D eigenvalue weighted by molar-refractivity contribution is 5.40. The van der Waals surface area contributed by atoms with E-state index < -0.39 is 0 Å². The van der Waals surface area contributed by atoms with E-state index in [4.69, 9.17) is 9.47 Å². The minimum atomic E-state index is 0.0206. The van der Waals surface area contributed by atoms with Gasteiger partial charge in [0.2, 0.25) is 0 Å². The highest BCUT2D eigenvalue weighted by Gasteiger charge is 2.56. The molecule has 2 saturated carbocycles. The molecule has 28 heavy (non-hydrogen) atoms. The number of aliphatic hydroxyl groups is 1. The van der Waals surface area contributed by atoms with Gasteiger partial charge in [0.25, 0.3) is 0 Å². The molecule has 154 valence electrons. The van der Waals surface area contributed by atoms with E-state index in [1.54, 1.807) is 0 Å². The van der Waals surface area contributed by atoms with Crippen molar-refractivity contribution in [2.75, 3.05) is 13.2 Å². The summed E-state index contributed by atoms with van der Waals surface area (Å²) in [5.41, 5.74) is 4.54. The number of fused-ring (bicyclic) bond motifs is 5. The van der Waals surface area contributed by atoms with Gasteiger partial charge >= 0.3 is 0 Å². The van der Waals surface area contributed by atoms with E-state index in [0.717, 1.165) is 19.4 Å². The van der Waals surface area contributed by atoms with Crippen molar-refractivity contribution in [3.8, 4) is 0 Å². The molecule has 0 radical (unpaired) electrons. The zero-order valence-electron chi connectivity index (χ0n) is 17.5. The number of hydrogen-bond acceptors (Lipinski definition) is 3. The largest absolute Gasteiger partial charge is 0.396 e. The van der Waals surface area contributed by atoms with Crippen LogP contribution in [0.3, 0.4) is 0 Å². The van der Waals surface area contributed by atoms with Gasteiger partial charge in [0, 0.05) is 19.1 Å². The molecule has 0 amide bonds. The van der Waals surface area contributed by atoms with Crippen LogP contribution in [0.1, 0.15) is 86.8 Å². The van der Waals surface area contributed by atoms with Gasteiger partial charge in [0.05, 0.1) is 6.10 Å². The van der Waals surface area contributed by atoms with Crippen molar-refractivity contribution in [3.05, 3.63) is 34.9 Å². The Hall–Kier alpha value is -0.900. The van der Waals surface area contributed by atoms with Gasteiger partial charge in [-0.05, 0) is 92.6 Å². The minimum Gasteiger partial charge on any atom is -0.396 e. The third-order valence-electron chi connectivity index (χ3n) is 8.66. The summed E-state index contributed by atoms with van der Waals surface area (Å²) in [7, 11) is 0. The molecule has 1 saturated heterocycles. The van der Waals surface area contributed by atoms with E-state index in [0.29, 0.717) is 29.8 Å². The summed E-state index contributed by atoms with van der Waals surface area (Å²) in [5, 5.41) is 10.2. The molecule has 1 N–H and O–H groups in total. The first kappa shape index (κ1) is 19.1. The zero-order chi connectivity index (χ0) is 19.3. The molecule has 3 aliphatic carbocycles. The van der Waals surface area contributed by atoms with Crippen LogP contribution in [0.15, 0.2) is 18.2 Å². The molecule has 0 spiro atoms. The maximum atomic E-state index is 10.2. The molecule has 1 aromatic rings. The summed E-state index contributed by atoms with van der Waals surface area (Å²) in [6.45, 7) is 5.80. The Balaban J connectivity index is 1.40. The summed E-state index contributed by atoms with van der Waals surface area (Å²) in [6, 6.07) is 6.97. The SMILES string of the molecule is Cc1ccc2c(c1)C(CO)CC1C2CC[C@@]2(C)C1CC[C@@H]2OC1CCCCO1. The smallest absolute Gasteiger partial charge is 0.157 e.